The first-order chi connectivity index (χ1) is 11.9. The van der Waals surface area contributed by atoms with Gasteiger partial charge in [0, 0.05) is 19.3 Å². The van der Waals surface area contributed by atoms with E-state index >= 15 is 0 Å². The Morgan fingerprint density at radius 1 is 1.24 bits per heavy atom. The minimum atomic E-state index is -0.185. The van der Waals surface area contributed by atoms with Crippen molar-refractivity contribution in [2.45, 2.75) is 47.0 Å². The summed E-state index contributed by atoms with van der Waals surface area (Å²) in [7, 11) is 0. The summed E-state index contributed by atoms with van der Waals surface area (Å²) in [6, 6.07) is 7.73. The normalized spacial score (nSPS) is 10.9. The van der Waals surface area contributed by atoms with Crippen molar-refractivity contribution in [3.8, 4) is 5.75 Å². The van der Waals surface area contributed by atoms with Crippen LogP contribution in [0.2, 0.25) is 0 Å². The molecular formula is C19H27N3O3. The zero-order valence-electron chi connectivity index (χ0n) is 15.4. The van der Waals surface area contributed by atoms with Crippen LogP contribution >= 0.6 is 0 Å². The first kappa shape index (κ1) is 19.0. The molecule has 0 spiro atoms. The minimum Gasteiger partial charge on any atom is -0.471 e. The summed E-state index contributed by atoms with van der Waals surface area (Å²) in [5, 5.41) is 7.08. The zero-order chi connectivity index (χ0) is 18.2. The van der Waals surface area contributed by atoms with Gasteiger partial charge < -0.3 is 14.8 Å². The molecule has 2 aromatic rings. The number of aromatic nitrogens is 2. The van der Waals surface area contributed by atoms with Crippen molar-refractivity contribution in [2.75, 3.05) is 13.2 Å². The largest absolute Gasteiger partial charge is 0.471 e. The van der Waals surface area contributed by atoms with E-state index in [0.717, 1.165) is 23.3 Å². The maximum Gasteiger partial charge on any atom is 0.271 e. The van der Waals surface area contributed by atoms with Crippen molar-refractivity contribution in [2.24, 2.45) is 0 Å². The molecular weight excluding hydrogens is 318 g/mol. The fourth-order valence-corrected chi connectivity index (χ4v) is 2.40. The topological polar surface area (TPSA) is 65.4 Å². The fraction of sp³-hybridized carbons (Fsp3) is 0.474. The number of amides is 1. The van der Waals surface area contributed by atoms with Crippen LogP contribution in [0.4, 0.5) is 0 Å². The highest BCUT2D eigenvalue weighted by molar-refractivity contribution is 5.92. The molecule has 1 N–H and O–H groups in total. The van der Waals surface area contributed by atoms with Crippen LogP contribution in [0.1, 0.15) is 41.9 Å². The van der Waals surface area contributed by atoms with E-state index in [1.165, 1.54) is 0 Å². The molecule has 6 heteroatoms. The Morgan fingerprint density at radius 2 is 1.96 bits per heavy atom. The minimum absolute atomic E-state index is 0.185. The first-order valence-corrected chi connectivity index (χ1v) is 8.58. The van der Waals surface area contributed by atoms with Gasteiger partial charge in [-0.3, -0.25) is 4.79 Å². The molecule has 0 bridgehead atoms. The van der Waals surface area contributed by atoms with Crippen molar-refractivity contribution in [3.63, 3.8) is 0 Å². The first-order valence-electron chi connectivity index (χ1n) is 8.58. The fourth-order valence-electron chi connectivity index (χ4n) is 2.40. The molecule has 136 valence electrons. The summed E-state index contributed by atoms with van der Waals surface area (Å²) in [6.45, 7) is 9.51. The number of carbonyl (C=O) groups is 1. The number of ether oxygens (including phenoxy) is 2. The van der Waals surface area contributed by atoms with E-state index in [4.69, 9.17) is 9.47 Å². The second-order valence-electron chi connectivity index (χ2n) is 6.37. The Labute approximate surface area is 149 Å². The number of nitrogens with one attached hydrogen (secondary N) is 1. The third-order valence-electron chi connectivity index (χ3n) is 3.49. The van der Waals surface area contributed by atoms with Crippen molar-refractivity contribution in [1.29, 1.82) is 0 Å². The number of benzene rings is 1. The Kier molecular flexibility index (Phi) is 7.01. The summed E-state index contributed by atoms with van der Waals surface area (Å²) < 4.78 is 12.8. The Bertz CT molecular complexity index is 675. The molecule has 0 atom stereocenters. The quantitative estimate of drug-likeness (QED) is 0.709. The van der Waals surface area contributed by atoms with Crippen LogP contribution in [0.3, 0.4) is 0 Å². The zero-order valence-corrected chi connectivity index (χ0v) is 15.4. The predicted octanol–water partition coefficient (Wildman–Crippen LogP) is 3.08. The molecule has 0 radical (unpaired) electrons. The summed E-state index contributed by atoms with van der Waals surface area (Å²) in [5.74, 6) is 0.610. The van der Waals surface area contributed by atoms with E-state index in [-0.39, 0.29) is 18.7 Å². The van der Waals surface area contributed by atoms with Gasteiger partial charge in [0.05, 0.1) is 6.10 Å². The van der Waals surface area contributed by atoms with Crippen LogP contribution in [-0.4, -0.2) is 34.9 Å². The molecule has 1 aromatic heterocycles. The molecule has 1 amide bonds. The summed E-state index contributed by atoms with van der Waals surface area (Å²) >= 11 is 0. The van der Waals surface area contributed by atoms with Crippen molar-refractivity contribution in [1.82, 2.24) is 15.1 Å². The van der Waals surface area contributed by atoms with E-state index in [0.29, 0.717) is 18.8 Å². The van der Waals surface area contributed by atoms with E-state index < -0.39 is 0 Å². The molecule has 0 saturated carbocycles. The molecule has 0 aliphatic rings. The third-order valence-corrected chi connectivity index (χ3v) is 3.49. The van der Waals surface area contributed by atoms with E-state index in [9.17, 15) is 4.79 Å². The van der Waals surface area contributed by atoms with Crippen molar-refractivity contribution < 1.29 is 14.3 Å². The monoisotopic (exact) mass is 345 g/mol. The SMILES string of the molecule is Cc1cc(C)cc(OCn2ccc(C(=O)NCCCOC(C)C)n2)c1. The van der Waals surface area contributed by atoms with Gasteiger partial charge in [-0.15, -0.1) is 0 Å². The molecule has 0 fully saturated rings. The summed E-state index contributed by atoms with van der Waals surface area (Å²) in [6.07, 6.45) is 2.73. The lowest BCUT2D eigenvalue weighted by Crippen LogP contribution is -2.26. The van der Waals surface area contributed by atoms with E-state index in [2.05, 4.69) is 16.5 Å². The standard InChI is InChI=1S/C19H27N3O3/c1-14(2)24-9-5-7-20-19(23)18-6-8-22(21-18)13-25-17-11-15(3)10-16(4)12-17/h6,8,10-12,14H,5,7,9,13H2,1-4H3,(H,20,23). The lowest BCUT2D eigenvalue weighted by molar-refractivity contribution is 0.0756. The van der Waals surface area contributed by atoms with Crippen LogP contribution in [0.5, 0.6) is 5.75 Å². The summed E-state index contributed by atoms with van der Waals surface area (Å²) in [4.78, 5) is 12.1. The van der Waals surface area contributed by atoms with Crippen LogP contribution in [0.15, 0.2) is 30.5 Å². The lowest BCUT2D eigenvalue weighted by atomic mass is 10.1. The smallest absolute Gasteiger partial charge is 0.271 e. The number of aryl methyl sites for hydroxylation is 2. The Balaban J connectivity index is 1.78. The highest BCUT2D eigenvalue weighted by Gasteiger charge is 2.09. The number of nitrogens with zero attached hydrogens (tertiary/aromatic N) is 2. The molecule has 1 aromatic carbocycles. The molecule has 25 heavy (non-hydrogen) atoms. The molecule has 2 rings (SSSR count). The van der Waals surface area contributed by atoms with Gasteiger partial charge in [0.15, 0.2) is 6.73 Å². The average molecular weight is 345 g/mol. The van der Waals surface area contributed by atoms with E-state index in [1.807, 2.05) is 39.8 Å². The number of carbonyl (C=O) groups excluding carboxylic acids is 1. The van der Waals surface area contributed by atoms with Gasteiger partial charge in [0.25, 0.3) is 5.91 Å². The number of hydrogen-bond acceptors (Lipinski definition) is 4. The Morgan fingerprint density at radius 3 is 2.64 bits per heavy atom. The molecule has 6 nitrogen and oxygen atoms in total. The van der Waals surface area contributed by atoms with Gasteiger partial charge in [-0.1, -0.05) is 6.07 Å². The molecule has 1 heterocycles. The van der Waals surface area contributed by atoms with Gasteiger partial charge in [-0.05, 0) is 63.4 Å². The van der Waals surface area contributed by atoms with Gasteiger partial charge in [-0.25, -0.2) is 4.68 Å². The maximum absolute atomic E-state index is 12.1. The Hall–Kier alpha value is -2.34. The second-order valence-corrected chi connectivity index (χ2v) is 6.37. The molecule has 0 aliphatic carbocycles. The summed E-state index contributed by atoms with van der Waals surface area (Å²) in [5.41, 5.74) is 2.68. The van der Waals surface area contributed by atoms with Crippen LogP contribution < -0.4 is 10.1 Å². The third kappa shape index (κ3) is 6.58. The van der Waals surface area contributed by atoms with E-state index in [1.54, 1.807) is 16.9 Å². The van der Waals surface area contributed by atoms with Crippen LogP contribution in [0, 0.1) is 13.8 Å². The van der Waals surface area contributed by atoms with Gasteiger partial charge in [0.2, 0.25) is 0 Å². The maximum atomic E-state index is 12.1. The predicted molar refractivity (Wildman–Crippen MR) is 96.8 cm³/mol. The number of hydrogen-bond donors (Lipinski definition) is 1. The average Bonchev–Trinajstić information content (AvgIpc) is 3.00. The molecule has 0 aliphatic heterocycles. The highest BCUT2D eigenvalue weighted by Crippen LogP contribution is 2.16. The molecule has 0 unspecified atom stereocenters. The van der Waals surface area contributed by atoms with Gasteiger partial charge >= 0.3 is 0 Å². The van der Waals surface area contributed by atoms with Crippen molar-refractivity contribution in [3.05, 3.63) is 47.3 Å². The van der Waals surface area contributed by atoms with Crippen LogP contribution in [0.25, 0.3) is 0 Å². The highest BCUT2D eigenvalue weighted by atomic mass is 16.5. The van der Waals surface area contributed by atoms with Gasteiger partial charge in [-0.2, -0.15) is 5.10 Å². The second kappa shape index (κ2) is 9.22. The lowest BCUT2D eigenvalue weighted by Gasteiger charge is -2.08. The van der Waals surface area contributed by atoms with Crippen molar-refractivity contribution >= 4 is 5.91 Å². The van der Waals surface area contributed by atoms with Gasteiger partial charge in [0.1, 0.15) is 11.4 Å². The molecule has 0 saturated heterocycles. The number of rotatable bonds is 9. The van der Waals surface area contributed by atoms with Crippen LogP contribution in [-0.2, 0) is 11.5 Å².